The summed E-state index contributed by atoms with van der Waals surface area (Å²) in [6, 6.07) is 3.67. The summed E-state index contributed by atoms with van der Waals surface area (Å²) in [5.74, 6) is 0.753. The zero-order valence-electron chi connectivity index (χ0n) is 8.53. The molecule has 2 nitrogen and oxygen atoms in total. The van der Waals surface area contributed by atoms with Gasteiger partial charge in [-0.3, -0.25) is 4.79 Å². The molecule has 0 aliphatic rings. The van der Waals surface area contributed by atoms with Gasteiger partial charge < -0.3 is 4.42 Å². The van der Waals surface area contributed by atoms with E-state index in [0.717, 1.165) is 30.5 Å². The molecule has 1 aromatic rings. The Bertz CT molecular complexity index is 283. The fraction of sp³-hybridized carbons (Fsp3) is 0.417. The normalized spacial score (nSPS) is 11.6. The fourth-order valence-electron chi connectivity index (χ4n) is 1.30. The maximum atomic E-state index is 10.7. The van der Waals surface area contributed by atoms with E-state index in [1.807, 2.05) is 18.2 Å². The molecule has 0 unspecified atom stereocenters. The monoisotopic (exact) mass is 192 g/mol. The highest BCUT2D eigenvalue weighted by Gasteiger charge is 1.97. The van der Waals surface area contributed by atoms with E-state index < -0.39 is 0 Å². The molecule has 0 fully saturated rings. The van der Waals surface area contributed by atoms with Gasteiger partial charge in [-0.15, -0.1) is 0 Å². The molecule has 0 radical (unpaired) electrons. The van der Waals surface area contributed by atoms with Crippen molar-refractivity contribution in [1.82, 2.24) is 0 Å². The molecule has 0 aromatic carbocycles. The Morgan fingerprint density at radius 3 is 2.93 bits per heavy atom. The molecule has 0 aliphatic heterocycles. The van der Waals surface area contributed by atoms with E-state index in [1.54, 1.807) is 6.26 Å². The summed E-state index contributed by atoms with van der Waals surface area (Å²) in [5.41, 5.74) is 0.813. The first-order chi connectivity index (χ1) is 6.86. The maximum Gasteiger partial charge on any atom is 0.146 e. The van der Waals surface area contributed by atoms with Crippen molar-refractivity contribution in [3.63, 3.8) is 0 Å². The van der Waals surface area contributed by atoms with Crippen LogP contribution in [0.2, 0.25) is 0 Å². The second kappa shape index (κ2) is 6.19. The Kier molecular flexibility index (Phi) is 4.76. The predicted octanol–water partition coefficient (Wildman–Crippen LogP) is 3.44. The molecule has 76 valence electrons. The second-order valence-corrected chi connectivity index (χ2v) is 3.31. The number of hydrogen-bond donors (Lipinski definition) is 0. The van der Waals surface area contributed by atoms with Gasteiger partial charge in [0.2, 0.25) is 0 Å². The summed E-state index contributed by atoms with van der Waals surface area (Å²) >= 11 is 0. The van der Waals surface area contributed by atoms with Crippen molar-refractivity contribution in [2.75, 3.05) is 0 Å². The first-order valence-electron chi connectivity index (χ1n) is 5.06. The largest absolute Gasteiger partial charge is 0.465 e. The average molecular weight is 192 g/mol. The highest BCUT2D eigenvalue weighted by atomic mass is 16.3. The van der Waals surface area contributed by atoms with E-state index in [1.165, 1.54) is 12.8 Å². The Labute approximate surface area is 84.6 Å². The third-order valence-corrected chi connectivity index (χ3v) is 2.09. The van der Waals surface area contributed by atoms with Crippen molar-refractivity contribution in [1.29, 1.82) is 0 Å². The van der Waals surface area contributed by atoms with Gasteiger partial charge in [0.15, 0.2) is 0 Å². The summed E-state index contributed by atoms with van der Waals surface area (Å²) in [4.78, 5) is 10.7. The lowest BCUT2D eigenvalue weighted by atomic mass is 10.1. The van der Waals surface area contributed by atoms with Gasteiger partial charge in [0.25, 0.3) is 0 Å². The van der Waals surface area contributed by atoms with Crippen molar-refractivity contribution >= 4 is 12.4 Å². The summed E-state index contributed by atoms with van der Waals surface area (Å²) in [7, 11) is 0. The van der Waals surface area contributed by atoms with Crippen LogP contribution in [0.25, 0.3) is 6.08 Å². The van der Waals surface area contributed by atoms with Crippen LogP contribution in [0.4, 0.5) is 0 Å². The van der Waals surface area contributed by atoms with Crippen molar-refractivity contribution < 1.29 is 9.21 Å². The zero-order valence-corrected chi connectivity index (χ0v) is 8.53. The molecule has 0 spiro atoms. The average Bonchev–Trinajstić information content (AvgIpc) is 2.69. The van der Waals surface area contributed by atoms with Crippen molar-refractivity contribution in [3.05, 3.63) is 29.7 Å². The highest BCUT2D eigenvalue weighted by molar-refractivity contribution is 5.80. The van der Waals surface area contributed by atoms with Crippen LogP contribution in [-0.4, -0.2) is 6.29 Å². The predicted molar refractivity (Wildman–Crippen MR) is 56.9 cm³/mol. The Balaban J connectivity index is 2.49. The van der Waals surface area contributed by atoms with Crippen molar-refractivity contribution in [2.24, 2.45) is 0 Å². The molecule has 0 atom stereocenters. The molecule has 0 aliphatic carbocycles. The number of carbonyl (C=O) groups is 1. The summed E-state index contributed by atoms with van der Waals surface area (Å²) in [6.45, 7) is 2.15. The van der Waals surface area contributed by atoms with Gasteiger partial charge in [0, 0.05) is 0 Å². The van der Waals surface area contributed by atoms with Crippen LogP contribution in [0.3, 0.4) is 0 Å². The van der Waals surface area contributed by atoms with Gasteiger partial charge >= 0.3 is 0 Å². The number of unbranched alkanes of at least 4 members (excludes halogenated alkanes) is 2. The van der Waals surface area contributed by atoms with E-state index in [4.69, 9.17) is 4.42 Å². The van der Waals surface area contributed by atoms with Crippen LogP contribution in [0.15, 0.2) is 28.4 Å². The van der Waals surface area contributed by atoms with E-state index in [9.17, 15) is 4.79 Å². The van der Waals surface area contributed by atoms with Gasteiger partial charge in [0.1, 0.15) is 12.0 Å². The van der Waals surface area contributed by atoms with Gasteiger partial charge in [0.05, 0.1) is 6.26 Å². The molecule has 0 saturated carbocycles. The quantitative estimate of drug-likeness (QED) is 0.392. The third kappa shape index (κ3) is 3.60. The van der Waals surface area contributed by atoms with Gasteiger partial charge in [-0.05, 0) is 36.6 Å². The van der Waals surface area contributed by atoms with Gasteiger partial charge in [-0.1, -0.05) is 19.8 Å². The van der Waals surface area contributed by atoms with Crippen molar-refractivity contribution in [2.45, 2.75) is 32.6 Å². The van der Waals surface area contributed by atoms with E-state index in [-0.39, 0.29) is 0 Å². The smallest absolute Gasteiger partial charge is 0.146 e. The van der Waals surface area contributed by atoms with Crippen LogP contribution in [-0.2, 0) is 4.79 Å². The molecule has 2 heteroatoms. The first-order valence-corrected chi connectivity index (χ1v) is 5.06. The van der Waals surface area contributed by atoms with Gasteiger partial charge in [-0.25, -0.2) is 0 Å². The van der Waals surface area contributed by atoms with Crippen LogP contribution in [0.5, 0.6) is 0 Å². The molecule has 1 aromatic heterocycles. The summed E-state index contributed by atoms with van der Waals surface area (Å²) in [5, 5.41) is 0. The minimum Gasteiger partial charge on any atom is -0.465 e. The molecular weight excluding hydrogens is 176 g/mol. The number of furan rings is 1. The first kappa shape index (κ1) is 10.8. The second-order valence-electron chi connectivity index (χ2n) is 3.31. The third-order valence-electron chi connectivity index (χ3n) is 2.09. The number of hydrogen-bond acceptors (Lipinski definition) is 2. The molecule has 0 saturated heterocycles. The summed E-state index contributed by atoms with van der Waals surface area (Å²) < 4.78 is 5.14. The minimum absolute atomic E-state index is 0.753. The Morgan fingerprint density at radius 1 is 1.50 bits per heavy atom. The summed E-state index contributed by atoms with van der Waals surface area (Å²) in [6.07, 6.45) is 8.59. The van der Waals surface area contributed by atoms with Crippen LogP contribution >= 0.6 is 0 Å². The molecule has 1 rings (SSSR count). The molecule has 0 bridgehead atoms. The molecule has 1 heterocycles. The fourth-order valence-corrected chi connectivity index (χ4v) is 1.30. The molecule has 14 heavy (non-hydrogen) atoms. The van der Waals surface area contributed by atoms with Crippen LogP contribution in [0, 0.1) is 0 Å². The maximum absolute atomic E-state index is 10.7. The molecule has 0 N–H and O–H groups in total. The standard InChI is InChI=1S/C12H16O2/c1-2-3-4-6-11(10-13)9-12-7-5-8-14-12/h5,7-10H,2-4,6H2,1H3. The SMILES string of the molecule is CCCCCC(C=O)=Cc1ccco1. The lowest BCUT2D eigenvalue weighted by molar-refractivity contribution is -0.105. The lowest BCUT2D eigenvalue weighted by Gasteiger charge is -1.97. The minimum atomic E-state index is 0.753. The van der Waals surface area contributed by atoms with E-state index in [2.05, 4.69) is 6.92 Å². The van der Waals surface area contributed by atoms with E-state index in [0.29, 0.717) is 0 Å². The number of carbonyl (C=O) groups excluding carboxylic acids is 1. The number of aldehydes is 1. The Hall–Kier alpha value is -1.31. The zero-order chi connectivity index (χ0) is 10.2. The number of allylic oxidation sites excluding steroid dienone is 1. The van der Waals surface area contributed by atoms with Crippen molar-refractivity contribution in [3.8, 4) is 0 Å². The van der Waals surface area contributed by atoms with Crippen LogP contribution in [0.1, 0.15) is 38.4 Å². The van der Waals surface area contributed by atoms with Gasteiger partial charge in [-0.2, -0.15) is 0 Å². The highest BCUT2D eigenvalue weighted by Crippen LogP contribution is 2.12. The van der Waals surface area contributed by atoms with Crippen LogP contribution < -0.4 is 0 Å². The lowest BCUT2D eigenvalue weighted by Crippen LogP contribution is -1.85. The Morgan fingerprint density at radius 2 is 2.36 bits per heavy atom. The molecular formula is C12H16O2. The van der Waals surface area contributed by atoms with E-state index >= 15 is 0 Å². The topological polar surface area (TPSA) is 30.2 Å². The number of rotatable bonds is 6. The molecule has 0 amide bonds.